The average molecular weight is 238 g/mol. The van der Waals surface area contributed by atoms with Crippen LogP contribution in [-0.2, 0) is 0 Å². The van der Waals surface area contributed by atoms with Gasteiger partial charge in [-0.05, 0) is 37.7 Å². The Labute approximate surface area is 98.7 Å². The van der Waals surface area contributed by atoms with E-state index in [1.807, 2.05) is 13.8 Å². The molecule has 1 aromatic rings. The minimum absolute atomic E-state index is 0.0719. The smallest absolute Gasteiger partial charge is 0.409 e. The van der Waals surface area contributed by atoms with Gasteiger partial charge in [-0.3, -0.25) is 0 Å². The van der Waals surface area contributed by atoms with Crippen molar-refractivity contribution >= 4 is 5.82 Å². The highest BCUT2D eigenvalue weighted by atomic mass is 16.6. The molecule has 6 nitrogen and oxygen atoms in total. The molecule has 92 valence electrons. The van der Waals surface area contributed by atoms with Gasteiger partial charge >= 0.3 is 11.7 Å². The molecule has 0 bridgehead atoms. The molecule has 0 saturated heterocycles. The van der Waals surface area contributed by atoms with Crippen molar-refractivity contribution < 1.29 is 14.4 Å². The predicted molar refractivity (Wildman–Crippen MR) is 60.3 cm³/mol. The first-order valence-electron chi connectivity index (χ1n) is 5.55. The Bertz CT molecular complexity index is 429. The lowest BCUT2D eigenvalue weighted by molar-refractivity contribution is -0.390. The van der Waals surface area contributed by atoms with Crippen molar-refractivity contribution in [2.45, 2.75) is 38.9 Å². The molecule has 0 atom stereocenters. The van der Waals surface area contributed by atoms with E-state index in [-0.39, 0.29) is 29.7 Å². The SMILES string of the molecule is CC(C)Oc1ccc(OC2CC2)c([N+](=O)[O-])n1. The Balaban J connectivity index is 2.23. The molecule has 0 spiro atoms. The summed E-state index contributed by atoms with van der Waals surface area (Å²) in [7, 11) is 0. The van der Waals surface area contributed by atoms with Gasteiger partial charge in [0.1, 0.15) is 0 Å². The molecular formula is C11H14N2O4. The zero-order valence-corrected chi connectivity index (χ0v) is 9.75. The zero-order chi connectivity index (χ0) is 12.4. The Morgan fingerprint density at radius 3 is 2.71 bits per heavy atom. The second kappa shape index (κ2) is 4.57. The lowest BCUT2D eigenvalue weighted by Gasteiger charge is -2.07. The van der Waals surface area contributed by atoms with Crippen molar-refractivity contribution in [2.24, 2.45) is 0 Å². The fourth-order valence-electron chi connectivity index (χ4n) is 1.31. The van der Waals surface area contributed by atoms with Crippen molar-refractivity contribution in [2.75, 3.05) is 0 Å². The van der Waals surface area contributed by atoms with Crippen LogP contribution in [0.2, 0.25) is 0 Å². The normalized spacial score (nSPS) is 14.8. The third-order valence-corrected chi connectivity index (χ3v) is 2.16. The summed E-state index contributed by atoms with van der Waals surface area (Å²) in [5.74, 6) is 0.179. The maximum absolute atomic E-state index is 10.9. The van der Waals surface area contributed by atoms with E-state index in [9.17, 15) is 10.1 Å². The molecule has 1 fully saturated rings. The molecule has 1 heterocycles. The maximum Gasteiger partial charge on any atom is 0.409 e. The molecule has 0 unspecified atom stereocenters. The van der Waals surface area contributed by atoms with Crippen molar-refractivity contribution in [3.63, 3.8) is 0 Å². The van der Waals surface area contributed by atoms with E-state index in [2.05, 4.69) is 4.98 Å². The summed E-state index contributed by atoms with van der Waals surface area (Å²) in [6.07, 6.45) is 1.92. The average Bonchev–Trinajstić information content (AvgIpc) is 3.03. The van der Waals surface area contributed by atoms with Crippen molar-refractivity contribution in [3.8, 4) is 11.6 Å². The van der Waals surface area contributed by atoms with Gasteiger partial charge in [-0.2, -0.15) is 0 Å². The first kappa shape index (κ1) is 11.6. The molecule has 0 aliphatic heterocycles. The molecule has 2 rings (SSSR count). The summed E-state index contributed by atoms with van der Waals surface area (Å²) in [4.78, 5) is 14.2. The number of pyridine rings is 1. The van der Waals surface area contributed by atoms with Crippen LogP contribution in [0.1, 0.15) is 26.7 Å². The lowest BCUT2D eigenvalue weighted by atomic mass is 10.4. The number of aromatic nitrogens is 1. The van der Waals surface area contributed by atoms with Gasteiger partial charge < -0.3 is 19.6 Å². The summed E-state index contributed by atoms with van der Waals surface area (Å²) >= 11 is 0. The van der Waals surface area contributed by atoms with Gasteiger partial charge in [0.25, 0.3) is 0 Å². The van der Waals surface area contributed by atoms with Crippen LogP contribution in [0, 0.1) is 10.1 Å². The molecule has 17 heavy (non-hydrogen) atoms. The lowest BCUT2D eigenvalue weighted by Crippen LogP contribution is -2.08. The number of nitro groups is 1. The molecule has 1 aliphatic rings. The first-order chi connectivity index (χ1) is 8.06. The highest BCUT2D eigenvalue weighted by Gasteiger charge is 2.28. The fourth-order valence-corrected chi connectivity index (χ4v) is 1.31. The van der Waals surface area contributed by atoms with Gasteiger partial charge in [0.2, 0.25) is 5.75 Å². The fraction of sp³-hybridized carbons (Fsp3) is 0.545. The predicted octanol–water partition coefficient (Wildman–Crippen LogP) is 2.32. The Morgan fingerprint density at radius 2 is 2.18 bits per heavy atom. The zero-order valence-electron chi connectivity index (χ0n) is 9.75. The van der Waals surface area contributed by atoms with Crippen LogP contribution in [0.25, 0.3) is 0 Å². The van der Waals surface area contributed by atoms with E-state index in [0.29, 0.717) is 0 Å². The van der Waals surface area contributed by atoms with Gasteiger partial charge in [0.05, 0.1) is 12.2 Å². The summed E-state index contributed by atoms with van der Waals surface area (Å²) in [6.45, 7) is 3.67. The van der Waals surface area contributed by atoms with Crippen LogP contribution in [0.15, 0.2) is 12.1 Å². The van der Waals surface area contributed by atoms with Crippen LogP contribution in [0.4, 0.5) is 5.82 Å². The summed E-state index contributed by atoms with van der Waals surface area (Å²) in [5.41, 5.74) is 0. The van der Waals surface area contributed by atoms with E-state index in [4.69, 9.17) is 9.47 Å². The van der Waals surface area contributed by atoms with Crippen molar-refractivity contribution in [1.82, 2.24) is 4.98 Å². The number of hydrogen-bond donors (Lipinski definition) is 0. The second-order valence-corrected chi connectivity index (χ2v) is 4.21. The number of hydrogen-bond acceptors (Lipinski definition) is 5. The summed E-state index contributed by atoms with van der Waals surface area (Å²) in [5, 5.41) is 10.9. The van der Waals surface area contributed by atoms with Gasteiger partial charge in [0, 0.05) is 11.1 Å². The molecular weight excluding hydrogens is 224 g/mol. The third kappa shape index (κ3) is 3.05. The van der Waals surface area contributed by atoms with E-state index >= 15 is 0 Å². The molecule has 0 N–H and O–H groups in total. The number of ether oxygens (including phenoxy) is 2. The van der Waals surface area contributed by atoms with E-state index < -0.39 is 4.92 Å². The Kier molecular flexibility index (Phi) is 3.12. The van der Waals surface area contributed by atoms with E-state index in [1.54, 1.807) is 12.1 Å². The van der Waals surface area contributed by atoms with Crippen LogP contribution in [-0.4, -0.2) is 22.1 Å². The number of nitrogens with zero attached hydrogens (tertiary/aromatic N) is 2. The summed E-state index contributed by atoms with van der Waals surface area (Å²) < 4.78 is 10.7. The third-order valence-electron chi connectivity index (χ3n) is 2.16. The minimum Gasteiger partial charge on any atom is -0.482 e. The van der Waals surface area contributed by atoms with Gasteiger partial charge in [0.15, 0.2) is 0 Å². The molecule has 0 aromatic carbocycles. The molecule has 1 aromatic heterocycles. The molecule has 6 heteroatoms. The van der Waals surface area contributed by atoms with Gasteiger partial charge in [-0.25, -0.2) is 0 Å². The maximum atomic E-state index is 10.9. The summed E-state index contributed by atoms with van der Waals surface area (Å²) in [6, 6.07) is 3.13. The Morgan fingerprint density at radius 1 is 1.47 bits per heavy atom. The number of rotatable bonds is 5. The first-order valence-corrected chi connectivity index (χ1v) is 5.55. The standard InChI is InChI=1S/C11H14N2O4/c1-7(2)16-10-6-5-9(17-8-3-4-8)11(12-10)13(14)15/h5-8H,3-4H2,1-2H3. The molecule has 1 saturated carbocycles. The van der Waals surface area contributed by atoms with Crippen molar-refractivity contribution in [1.29, 1.82) is 0 Å². The van der Waals surface area contributed by atoms with Gasteiger partial charge in [-0.1, -0.05) is 0 Å². The van der Waals surface area contributed by atoms with E-state index in [1.165, 1.54) is 0 Å². The van der Waals surface area contributed by atoms with Gasteiger partial charge in [-0.15, -0.1) is 0 Å². The molecule has 0 amide bonds. The van der Waals surface area contributed by atoms with Crippen LogP contribution in [0.3, 0.4) is 0 Å². The van der Waals surface area contributed by atoms with E-state index in [0.717, 1.165) is 12.8 Å². The Hall–Kier alpha value is -1.85. The quantitative estimate of drug-likeness (QED) is 0.581. The largest absolute Gasteiger partial charge is 0.482 e. The van der Waals surface area contributed by atoms with Crippen LogP contribution < -0.4 is 9.47 Å². The molecule has 0 radical (unpaired) electrons. The second-order valence-electron chi connectivity index (χ2n) is 4.21. The molecule has 1 aliphatic carbocycles. The monoisotopic (exact) mass is 238 g/mol. The highest BCUT2D eigenvalue weighted by molar-refractivity contribution is 5.42. The van der Waals surface area contributed by atoms with Crippen LogP contribution in [0.5, 0.6) is 11.6 Å². The topological polar surface area (TPSA) is 74.5 Å². The van der Waals surface area contributed by atoms with Crippen LogP contribution >= 0.6 is 0 Å². The van der Waals surface area contributed by atoms with Crippen molar-refractivity contribution in [3.05, 3.63) is 22.2 Å². The minimum atomic E-state index is -0.551. The highest BCUT2D eigenvalue weighted by Crippen LogP contribution is 2.33.